The van der Waals surface area contributed by atoms with Crippen molar-refractivity contribution in [2.24, 2.45) is 10.2 Å². The molecule has 2 aliphatic rings. The summed E-state index contributed by atoms with van der Waals surface area (Å²) in [5.74, 6) is 0. The van der Waals surface area contributed by atoms with Gasteiger partial charge in [0.05, 0.1) is 0 Å². The Bertz CT molecular complexity index is 565. The number of rotatable bonds is 2. The zero-order chi connectivity index (χ0) is 12.8. The van der Waals surface area contributed by atoms with Crippen LogP contribution in [0.4, 0.5) is 0 Å². The molecule has 2 aromatic rings. The highest BCUT2D eigenvalue weighted by atomic mass is 15.3. The smallest absolute Gasteiger partial charge is 0.109 e. The molecule has 1 fully saturated rings. The van der Waals surface area contributed by atoms with Crippen molar-refractivity contribution >= 4 is 0 Å². The van der Waals surface area contributed by atoms with Crippen molar-refractivity contribution in [3.8, 4) is 0 Å². The van der Waals surface area contributed by atoms with Gasteiger partial charge in [-0.3, -0.25) is 0 Å². The summed E-state index contributed by atoms with van der Waals surface area (Å²) in [6.45, 7) is 0. The zero-order valence-corrected chi connectivity index (χ0v) is 10.8. The zero-order valence-electron chi connectivity index (χ0n) is 10.8. The first-order chi connectivity index (χ1) is 9.33. The summed E-state index contributed by atoms with van der Waals surface area (Å²) in [4.78, 5) is 0. The summed E-state index contributed by atoms with van der Waals surface area (Å²) in [6.07, 6.45) is 3.23. The van der Waals surface area contributed by atoms with Crippen LogP contribution in [-0.4, -0.2) is 0 Å². The monoisotopic (exact) mass is 248 g/mol. The molecule has 1 aliphatic heterocycles. The lowest BCUT2D eigenvalue weighted by molar-refractivity contribution is 0.450. The van der Waals surface area contributed by atoms with E-state index in [-0.39, 0.29) is 11.1 Å². The molecule has 4 rings (SSSR count). The first kappa shape index (κ1) is 10.9. The third-order valence-corrected chi connectivity index (χ3v) is 4.59. The van der Waals surface area contributed by atoms with Gasteiger partial charge in [-0.15, -0.1) is 0 Å². The summed E-state index contributed by atoms with van der Waals surface area (Å²) in [7, 11) is 0. The van der Waals surface area contributed by atoms with E-state index in [1.807, 2.05) is 0 Å². The second-order valence-electron chi connectivity index (χ2n) is 5.67. The van der Waals surface area contributed by atoms with Crippen molar-refractivity contribution in [1.29, 1.82) is 0 Å². The number of azo groups is 1. The lowest BCUT2D eigenvalue weighted by atomic mass is 9.85. The second kappa shape index (κ2) is 3.77. The molecule has 0 aromatic heterocycles. The normalized spacial score (nSPS) is 31.8. The number of nitrogens with zero attached hydrogens (tertiary/aromatic N) is 2. The molecule has 1 saturated carbocycles. The van der Waals surface area contributed by atoms with Crippen LogP contribution in [0.1, 0.15) is 30.4 Å². The van der Waals surface area contributed by atoms with Gasteiger partial charge in [-0.2, -0.15) is 10.2 Å². The maximum absolute atomic E-state index is 4.68. The number of hydrogen-bond donors (Lipinski definition) is 0. The van der Waals surface area contributed by atoms with E-state index < -0.39 is 0 Å². The van der Waals surface area contributed by atoms with Crippen LogP contribution < -0.4 is 0 Å². The summed E-state index contributed by atoms with van der Waals surface area (Å²) in [5, 5.41) is 9.36. The molecule has 19 heavy (non-hydrogen) atoms. The van der Waals surface area contributed by atoms with Crippen LogP contribution in [0.2, 0.25) is 0 Å². The van der Waals surface area contributed by atoms with Crippen LogP contribution in [0.15, 0.2) is 70.9 Å². The average Bonchev–Trinajstić information content (AvgIpc) is 3.08. The third-order valence-electron chi connectivity index (χ3n) is 4.59. The average molecular weight is 248 g/mol. The van der Waals surface area contributed by atoms with Gasteiger partial charge in [0, 0.05) is 6.42 Å². The van der Waals surface area contributed by atoms with Gasteiger partial charge in [-0.25, -0.2) is 0 Å². The summed E-state index contributed by atoms with van der Waals surface area (Å²) in [5.41, 5.74) is 2.48. The molecule has 2 heteroatoms. The Kier molecular flexibility index (Phi) is 2.16. The Morgan fingerprint density at radius 1 is 0.632 bits per heavy atom. The molecule has 2 unspecified atom stereocenters. The minimum atomic E-state index is -0.0723. The molecular formula is C17H16N2. The highest BCUT2D eigenvalue weighted by molar-refractivity contribution is 5.36. The van der Waals surface area contributed by atoms with Gasteiger partial charge in [-0.05, 0) is 24.0 Å². The summed E-state index contributed by atoms with van der Waals surface area (Å²) >= 11 is 0. The van der Waals surface area contributed by atoms with Crippen LogP contribution in [0.3, 0.4) is 0 Å². The third kappa shape index (κ3) is 1.49. The van der Waals surface area contributed by atoms with Crippen molar-refractivity contribution in [3.05, 3.63) is 71.8 Å². The molecule has 1 aliphatic carbocycles. The van der Waals surface area contributed by atoms with E-state index in [4.69, 9.17) is 0 Å². The Hall–Kier alpha value is -1.96. The first-order valence-electron chi connectivity index (χ1n) is 6.88. The fourth-order valence-corrected chi connectivity index (χ4v) is 3.54. The molecular weight excluding hydrogens is 232 g/mol. The molecule has 0 radical (unpaired) electrons. The maximum atomic E-state index is 4.68. The number of benzene rings is 2. The highest BCUT2D eigenvalue weighted by Crippen LogP contribution is 2.58. The van der Waals surface area contributed by atoms with Crippen molar-refractivity contribution in [1.82, 2.24) is 0 Å². The Morgan fingerprint density at radius 3 is 1.42 bits per heavy atom. The van der Waals surface area contributed by atoms with Gasteiger partial charge < -0.3 is 0 Å². The second-order valence-corrected chi connectivity index (χ2v) is 5.67. The lowest BCUT2D eigenvalue weighted by Crippen LogP contribution is -2.19. The van der Waals surface area contributed by atoms with Crippen molar-refractivity contribution in [2.45, 2.75) is 30.3 Å². The largest absolute Gasteiger partial charge is 0.182 e. The molecule has 2 nitrogen and oxygen atoms in total. The molecule has 0 spiro atoms. The fourth-order valence-electron chi connectivity index (χ4n) is 3.54. The highest BCUT2D eigenvalue weighted by Gasteiger charge is 2.55. The van der Waals surface area contributed by atoms with Gasteiger partial charge >= 0.3 is 0 Å². The van der Waals surface area contributed by atoms with E-state index in [9.17, 15) is 0 Å². The van der Waals surface area contributed by atoms with E-state index in [2.05, 4.69) is 70.9 Å². The Morgan fingerprint density at radius 2 is 1.05 bits per heavy atom. The van der Waals surface area contributed by atoms with E-state index in [0.717, 1.165) is 19.3 Å². The SMILES string of the molecule is c1ccc(C23CCC(c4ccccc4)(C2)N=N3)cc1. The fraction of sp³-hybridized carbons (Fsp3) is 0.294. The maximum Gasteiger partial charge on any atom is 0.109 e. The van der Waals surface area contributed by atoms with Gasteiger partial charge in [0.25, 0.3) is 0 Å². The minimum absolute atomic E-state index is 0.0723. The van der Waals surface area contributed by atoms with Crippen molar-refractivity contribution in [3.63, 3.8) is 0 Å². The molecule has 0 N–H and O–H groups in total. The van der Waals surface area contributed by atoms with Crippen molar-refractivity contribution < 1.29 is 0 Å². The van der Waals surface area contributed by atoms with Crippen LogP contribution in [0.5, 0.6) is 0 Å². The predicted molar refractivity (Wildman–Crippen MR) is 74.9 cm³/mol. The number of fused-ring (bicyclic) bond motifs is 2. The van der Waals surface area contributed by atoms with E-state index in [0.29, 0.717) is 0 Å². The summed E-state index contributed by atoms with van der Waals surface area (Å²) < 4.78 is 0. The molecule has 2 aromatic carbocycles. The topological polar surface area (TPSA) is 24.7 Å². The molecule has 94 valence electrons. The molecule has 2 bridgehead atoms. The van der Waals surface area contributed by atoms with Crippen molar-refractivity contribution in [2.75, 3.05) is 0 Å². The molecule has 0 saturated heterocycles. The van der Waals surface area contributed by atoms with Gasteiger partial charge in [0.15, 0.2) is 0 Å². The van der Waals surface area contributed by atoms with E-state index >= 15 is 0 Å². The Balaban J connectivity index is 1.75. The molecule has 0 amide bonds. The summed E-state index contributed by atoms with van der Waals surface area (Å²) in [6, 6.07) is 21.3. The molecule has 1 heterocycles. The van der Waals surface area contributed by atoms with Crippen LogP contribution >= 0.6 is 0 Å². The standard InChI is InChI=1S/C17H16N2/c1-3-7-14(8-4-1)16-11-12-17(13-16,19-18-16)15-9-5-2-6-10-15/h1-10H,11-13H2. The number of hydrogen-bond acceptors (Lipinski definition) is 2. The van der Waals surface area contributed by atoms with Crippen LogP contribution in [0, 0.1) is 0 Å². The van der Waals surface area contributed by atoms with Gasteiger partial charge in [0.2, 0.25) is 0 Å². The minimum Gasteiger partial charge on any atom is -0.182 e. The van der Waals surface area contributed by atoms with Crippen LogP contribution in [-0.2, 0) is 11.1 Å². The van der Waals surface area contributed by atoms with E-state index in [1.54, 1.807) is 0 Å². The van der Waals surface area contributed by atoms with Crippen LogP contribution in [0.25, 0.3) is 0 Å². The quantitative estimate of drug-likeness (QED) is 0.751. The van der Waals surface area contributed by atoms with Gasteiger partial charge in [-0.1, -0.05) is 60.7 Å². The van der Waals surface area contributed by atoms with E-state index in [1.165, 1.54) is 11.1 Å². The molecule has 2 atom stereocenters. The Labute approximate surface area is 113 Å². The first-order valence-corrected chi connectivity index (χ1v) is 6.88. The lowest BCUT2D eigenvalue weighted by Gasteiger charge is -2.20. The van der Waals surface area contributed by atoms with Gasteiger partial charge in [0.1, 0.15) is 11.1 Å². The predicted octanol–water partition coefficient (Wildman–Crippen LogP) is 4.43.